The predicted octanol–water partition coefficient (Wildman–Crippen LogP) is 0.946. The van der Waals surface area contributed by atoms with Gasteiger partial charge in [-0.2, -0.15) is 0 Å². The minimum absolute atomic E-state index is 0.0944. The number of aryl methyl sites for hydroxylation is 1. The molecule has 2 aromatic heterocycles. The summed E-state index contributed by atoms with van der Waals surface area (Å²) in [6, 6.07) is 3.99. The predicted molar refractivity (Wildman–Crippen MR) is 96.3 cm³/mol. The van der Waals surface area contributed by atoms with Crippen LogP contribution in [-0.2, 0) is 22.6 Å². The van der Waals surface area contributed by atoms with Gasteiger partial charge in [-0.25, -0.2) is 9.97 Å². The van der Waals surface area contributed by atoms with Crippen LogP contribution in [0.1, 0.15) is 11.4 Å². The number of rotatable bonds is 4. The quantitative estimate of drug-likeness (QED) is 0.817. The Balaban J connectivity index is 1.46. The summed E-state index contributed by atoms with van der Waals surface area (Å²) in [5.41, 5.74) is 1.11. The van der Waals surface area contributed by atoms with Gasteiger partial charge in [0, 0.05) is 62.4 Å². The fourth-order valence-corrected chi connectivity index (χ4v) is 3.86. The van der Waals surface area contributed by atoms with Gasteiger partial charge in [0.15, 0.2) is 0 Å². The number of hydrogen-bond donors (Lipinski definition) is 0. The maximum absolute atomic E-state index is 12.9. The van der Waals surface area contributed by atoms with Gasteiger partial charge >= 0.3 is 0 Å². The molecular formula is C19H25N5O2. The normalized spacial score (nSPS) is 23.7. The average Bonchev–Trinajstić information content (AvgIpc) is 2.95. The molecule has 2 aliphatic heterocycles. The molecule has 7 nitrogen and oxygen atoms in total. The topological polar surface area (TPSA) is 63.5 Å². The minimum Gasteiger partial charge on any atom is -0.379 e. The van der Waals surface area contributed by atoms with Crippen molar-refractivity contribution in [1.29, 1.82) is 0 Å². The molecule has 2 aromatic rings. The highest BCUT2D eigenvalue weighted by Crippen LogP contribution is 2.21. The molecule has 138 valence electrons. The van der Waals surface area contributed by atoms with E-state index < -0.39 is 0 Å². The van der Waals surface area contributed by atoms with Crippen molar-refractivity contribution < 1.29 is 9.53 Å². The van der Waals surface area contributed by atoms with Crippen LogP contribution in [0.5, 0.6) is 0 Å². The average molecular weight is 355 g/mol. The molecule has 0 N–H and O–H groups in total. The largest absolute Gasteiger partial charge is 0.379 e. The second-order valence-corrected chi connectivity index (χ2v) is 7.29. The van der Waals surface area contributed by atoms with E-state index in [1.807, 2.05) is 53.3 Å². The molecule has 0 aliphatic carbocycles. The molecule has 0 unspecified atom stereocenters. The highest BCUT2D eigenvalue weighted by Gasteiger charge is 2.35. The van der Waals surface area contributed by atoms with E-state index in [0.29, 0.717) is 25.7 Å². The molecule has 0 radical (unpaired) electrons. The molecular weight excluding hydrogens is 330 g/mol. The zero-order chi connectivity index (χ0) is 17.9. The van der Waals surface area contributed by atoms with E-state index in [4.69, 9.17) is 4.74 Å². The van der Waals surface area contributed by atoms with Gasteiger partial charge in [0.2, 0.25) is 5.91 Å². The van der Waals surface area contributed by atoms with E-state index in [2.05, 4.69) is 14.9 Å². The van der Waals surface area contributed by atoms with Gasteiger partial charge in [0.1, 0.15) is 12.4 Å². The summed E-state index contributed by atoms with van der Waals surface area (Å²) in [6.45, 7) is 6.94. The lowest BCUT2D eigenvalue weighted by Gasteiger charge is -2.31. The molecule has 0 saturated carbocycles. The Morgan fingerprint density at radius 3 is 2.69 bits per heavy atom. The van der Waals surface area contributed by atoms with Crippen LogP contribution in [0.4, 0.5) is 0 Å². The van der Waals surface area contributed by atoms with Crippen LogP contribution in [-0.4, -0.2) is 69.1 Å². The van der Waals surface area contributed by atoms with E-state index in [1.165, 1.54) is 0 Å². The maximum Gasteiger partial charge on any atom is 0.242 e. The first-order valence-corrected chi connectivity index (χ1v) is 9.15. The zero-order valence-electron chi connectivity index (χ0n) is 15.1. The van der Waals surface area contributed by atoms with Gasteiger partial charge in [0.25, 0.3) is 0 Å². The molecule has 0 aromatic carbocycles. The van der Waals surface area contributed by atoms with Crippen LogP contribution >= 0.6 is 0 Å². The number of carbonyl (C=O) groups is 1. The first-order valence-electron chi connectivity index (χ1n) is 9.15. The van der Waals surface area contributed by atoms with Crippen molar-refractivity contribution >= 4 is 5.91 Å². The summed E-state index contributed by atoms with van der Waals surface area (Å²) in [5, 5.41) is 0. The van der Waals surface area contributed by atoms with Crippen molar-refractivity contribution in [3.8, 4) is 0 Å². The first-order chi connectivity index (χ1) is 12.7. The number of nitrogens with zero attached hydrogens (tertiary/aromatic N) is 5. The van der Waals surface area contributed by atoms with Gasteiger partial charge in [-0.3, -0.25) is 9.69 Å². The third kappa shape index (κ3) is 3.94. The van der Waals surface area contributed by atoms with Crippen LogP contribution in [0, 0.1) is 12.8 Å². The third-order valence-corrected chi connectivity index (χ3v) is 5.09. The first kappa shape index (κ1) is 17.2. The fourth-order valence-electron chi connectivity index (χ4n) is 3.86. The molecule has 0 spiro atoms. The van der Waals surface area contributed by atoms with Gasteiger partial charge in [0.05, 0.1) is 19.3 Å². The lowest BCUT2D eigenvalue weighted by molar-refractivity contribution is -0.134. The summed E-state index contributed by atoms with van der Waals surface area (Å²) in [6.07, 6.45) is 7.66. The second kappa shape index (κ2) is 7.55. The molecule has 4 heterocycles. The molecule has 7 heteroatoms. The van der Waals surface area contributed by atoms with Crippen LogP contribution in [0.2, 0.25) is 0 Å². The number of carbonyl (C=O) groups excluding carboxylic acids is 1. The van der Waals surface area contributed by atoms with E-state index in [9.17, 15) is 4.79 Å². The highest BCUT2D eigenvalue weighted by molar-refractivity contribution is 5.76. The highest BCUT2D eigenvalue weighted by atomic mass is 16.5. The maximum atomic E-state index is 12.9. The van der Waals surface area contributed by atoms with E-state index in [1.54, 1.807) is 0 Å². The Morgan fingerprint density at radius 1 is 1.15 bits per heavy atom. The Hall–Kier alpha value is -2.25. The monoisotopic (exact) mass is 355 g/mol. The molecule has 4 rings (SSSR count). The van der Waals surface area contributed by atoms with Crippen LogP contribution in [0.3, 0.4) is 0 Å². The van der Waals surface area contributed by atoms with Gasteiger partial charge < -0.3 is 14.2 Å². The third-order valence-electron chi connectivity index (χ3n) is 5.09. The van der Waals surface area contributed by atoms with E-state index >= 15 is 0 Å². The van der Waals surface area contributed by atoms with E-state index in [0.717, 1.165) is 37.6 Å². The number of hydrogen-bond acceptors (Lipinski definition) is 5. The Bertz CT molecular complexity index is 731. The van der Waals surface area contributed by atoms with Gasteiger partial charge in [-0.1, -0.05) is 0 Å². The van der Waals surface area contributed by atoms with Crippen molar-refractivity contribution in [3.63, 3.8) is 0 Å². The number of fused-ring (bicyclic) bond motifs is 3. The Labute approximate surface area is 153 Å². The lowest BCUT2D eigenvalue weighted by atomic mass is 10.1. The van der Waals surface area contributed by atoms with Crippen molar-refractivity contribution in [1.82, 2.24) is 24.3 Å². The summed E-state index contributed by atoms with van der Waals surface area (Å²) in [4.78, 5) is 25.9. The second-order valence-electron chi connectivity index (χ2n) is 7.29. The number of ether oxygens (including phenoxy) is 1. The molecule has 1 amide bonds. The Kier molecular flexibility index (Phi) is 4.99. The molecule has 26 heavy (non-hydrogen) atoms. The van der Waals surface area contributed by atoms with Crippen molar-refractivity contribution in [2.24, 2.45) is 5.92 Å². The van der Waals surface area contributed by atoms with E-state index in [-0.39, 0.29) is 11.9 Å². The smallest absolute Gasteiger partial charge is 0.242 e. The summed E-state index contributed by atoms with van der Waals surface area (Å²) < 4.78 is 7.77. The van der Waals surface area contributed by atoms with Gasteiger partial charge in [-0.15, -0.1) is 0 Å². The van der Waals surface area contributed by atoms with Crippen LogP contribution < -0.4 is 0 Å². The molecule has 2 saturated heterocycles. The minimum atomic E-state index is 0.0944. The van der Waals surface area contributed by atoms with Gasteiger partial charge in [-0.05, 0) is 19.1 Å². The zero-order valence-corrected chi connectivity index (χ0v) is 15.1. The van der Waals surface area contributed by atoms with Crippen molar-refractivity contribution in [3.05, 3.63) is 48.3 Å². The Morgan fingerprint density at radius 2 is 1.92 bits per heavy atom. The number of amides is 1. The lowest BCUT2D eigenvalue weighted by Crippen LogP contribution is -2.47. The molecule has 2 atom stereocenters. The van der Waals surface area contributed by atoms with Crippen LogP contribution in [0.25, 0.3) is 0 Å². The molecule has 2 aliphatic rings. The summed E-state index contributed by atoms with van der Waals surface area (Å²) in [5.74, 6) is 1.29. The van der Waals surface area contributed by atoms with Crippen molar-refractivity contribution in [2.75, 3.05) is 32.8 Å². The summed E-state index contributed by atoms with van der Waals surface area (Å²) >= 11 is 0. The standard InChI is InChI=1S/C19H25N5O2/c1-15-20-6-16(7-21-15)8-23-9-17-10-24(18(11-23)14-26-13-17)19(25)12-22-4-2-3-5-22/h2-7,17-18H,8-14H2,1H3/t17-,18-/m0/s1. The van der Waals surface area contributed by atoms with Crippen LogP contribution in [0.15, 0.2) is 36.9 Å². The summed E-state index contributed by atoms with van der Waals surface area (Å²) in [7, 11) is 0. The number of aromatic nitrogens is 3. The fraction of sp³-hybridized carbons (Fsp3) is 0.526. The SMILES string of the molecule is Cc1ncc(CN2C[C@@H]3COC[C@H](C2)N(C(=O)Cn2cccc2)C3)cn1. The van der Waals surface area contributed by atoms with Crippen molar-refractivity contribution in [2.45, 2.75) is 26.1 Å². The molecule has 2 fully saturated rings. The molecule has 2 bridgehead atoms.